The maximum Gasteiger partial charge on any atom is 0.230 e. The van der Waals surface area contributed by atoms with Crippen LogP contribution >= 0.6 is 0 Å². The first-order valence-electron chi connectivity index (χ1n) is 6.32. The Bertz CT molecular complexity index is 389. The fourth-order valence-corrected chi connectivity index (χ4v) is 2.08. The predicted octanol–water partition coefficient (Wildman–Crippen LogP) is 0.837. The molecule has 102 valence electrons. The van der Waals surface area contributed by atoms with E-state index in [1.54, 1.807) is 11.9 Å². The number of carbonyl (C=O) groups is 1. The molecule has 0 saturated carbocycles. The second kappa shape index (κ2) is 5.95. The lowest BCUT2D eigenvalue weighted by molar-refractivity contribution is -0.141. The zero-order chi connectivity index (χ0) is 13.8. The molecule has 1 aromatic rings. The van der Waals surface area contributed by atoms with Gasteiger partial charge < -0.3 is 10.6 Å². The van der Waals surface area contributed by atoms with Gasteiger partial charge in [0.05, 0.1) is 12.0 Å². The molecule has 1 heterocycles. The lowest BCUT2D eigenvalue weighted by Crippen LogP contribution is -2.45. The van der Waals surface area contributed by atoms with Gasteiger partial charge in [-0.2, -0.15) is 5.10 Å². The summed E-state index contributed by atoms with van der Waals surface area (Å²) in [5.41, 5.74) is 5.32. The minimum atomic E-state index is -0.458. The lowest BCUT2D eigenvalue weighted by atomic mass is 9.81. The number of H-pyrrole nitrogens is 1. The zero-order valence-corrected chi connectivity index (χ0v) is 11.7. The SMILES string of the molecule is CCC(CC)(CN)C(=O)N(C)Cc1n[nH]c(C)n1. The average Bonchev–Trinajstić information content (AvgIpc) is 2.77. The van der Waals surface area contributed by atoms with Crippen LogP contribution in [0.2, 0.25) is 0 Å². The molecule has 18 heavy (non-hydrogen) atoms. The number of nitrogens with two attached hydrogens (primary N) is 1. The molecule has 0 aliphatic carbocycles. The molecule has 0 aliphatic heterocycles. The molecule has 0 bridgehead atoms. The van der Waals surface area contributed by atoms with Gasteiger partial charge in [-0.15, -0.1) is 0 Å². The fourth-order valence-electron chi connectivity index (χ4n) is 2.08. The Morgan fingerprint density at radius 1 is 1.44 bits per heavy atom. The van der Waals surface area contributed by atoms with Gasteiger partial charge in [0.25, 0.3) is 0 Å². The quantitative estimate of drug-likeness (QED) is 0.786. The van der Waals surface area contributed by atoms with Crippen molar-refractivity contribution in [3.05, 3.63) is 11.6 Å². The summed E-state index contributed by atoms with van der Waals surface area (Å²) >= 11 is 0. The van der Waals surface area contributed by atoms with Gasteiger partial charge in [-0.3, -0.25) is 9.89 Å². The van der Waals surface area contributed by atoms with Crippen molar-refractivity contribution in [3.63, 3.8) is 0 Å². The van der Waals surface area contributed by atoms with Crippen LogP contribution in [0.5, 0.6) is 0 Å². The Labute approximate surface area is 108 Å². The number of nitrogens with one attached hydrogen (secondary N) is 1. The van der Waals surface area contributed by atoms with Crippen molar-refractivity contribution in [2.45, 2.75) is 40.2 Å². The van der Waals surface area contributed by atoms with Crippen molar-refractivity contribution in [1.29, 1.82) is 0 Å². The second-order valence-electron chi connectivity index (χ2n) is 4.69. The standard InChI is InChI=1S/C12H23N5O/c1-5-12(6-2,8-13)11(18)17(4)7-10-14-9(3)15-16-10/h5-8,13H2,1-4H3,(H,14,15,16). The molecule has 0 fully saturated rings. The topological polar surface area (TPSA) is 87.9 Å². The highest BCUT2D eigenvalue weighted by molar-refractivity contribution is 5.82. The van der Waals surface area contributed by atoms with Gasteiger partial charge in [-0.1, -0.05) is 13.8 Å². The Morgan fingerprint density at radius 3 is 2.44 bits per heavy atom. The van der Waals surface area contributed by atoms with Gasteiger partial charge >= 0.3 is 0 Å². The van der Waals surface area contributed by atoms with E-state index in [4.69, 9.17) is 5.73 Å². The first-order valence-corrected chi connectivity index (χ1v) is 6.32. The number of rotatable bonds is 6. The molecule has 1 amide bonds. The van der Waals surface area contributed by atoms with Gasteiger partial charge in [0.15, 0.2) is 5.82 Å². The number of hydrogen-bond donors (Lipinski definition) is 2. The van der Waals surface area contributed by atoms with Crippen LogP contribution in [0, 0.1) is 12.3 Å². The molecule has 0 aliphatic rings. The molecule has 0 unspecified atom stereocenters. The molecule has 0 radical (unpaired) electrons. The van der Waals surface area contributed by atoms with Crippen molar-refractivity contribution >= 4 is 5.91 Å². The first-order chi connectivity index (χ1) is 8.49. The average molecular weight is 253 g/mol. The minimum absolute atomic E-state index is 0.0671. The zero-order valence-electron chi connectivity index (χ0n) is 11.7. The van der Waals surface area contributed by atoms with E-state index in [2.05, 4.69) is 15.2 Å². The van der Waals surface area contributed by atoms with Crippen LogP contribution in [0.4, 0.5) is 0 Å². The molecule has 0 atom stereocenters. The number of hydrogen-bond acceptors (Lipinski definition) is 4. The van der Waals surface area contributed by atoms with Gasteiger partial charge in [0, 0.05) is 13.6 Å². The highest BCUT2D eigenvalue weighted by Gasteiger charge is 2.35. The molecule has 0 spiro atoms. The Kier molecular flexibility index (Phi) is 4.84. The third kappa shape index (κ3) is 2.87. The molecule has 0 aromatic carbocycles. The Balaban J connectivity index is 2.76. The molecule has 3 N–H and O–H groups in total. The van der Waals surface area contributed by atoms with Crippen molar-refractivity contribution in [2.75, 3.05) is 13.6 Å². The minimum Gasteiger partial charge on any atom is -0.338 e. The highest BCUT2D eigenvalue weighted by atomic mass is 16.2. The van der Waals surface area contributed by atoms with Crippen LogP contribution in [0.15, 0.2) is 0 Å². The molecule has 6 heteroatoms. The maximum absolute atomic E-state index is 12.4. The maximum atomic E-state index is 12.4. The second-order valence-corrected chi connectivity index (χ2v) is 4.69. The number of aryl methyl sites for hydroxylation is 1. The summed E-state index contributed by atoms with van der Waals surface area (Å²) < 4.78 is 0. The number of carbonyl (C=O) groups excluding carboxylic acids is 1. The first kappa shape index (κ1) is 14.6. The molecule has 6 nitrogen and oxygen atoms in total. The van der Waals surface area contributed by atoms with E-state index in [0.717, 1.165) is 18.7 Å². The van der Waals surface area contributed by atoms with E-state index >= 15 is 0 Å². The third-order valence-electron chi connectivity index (χ3n) is 3.57. The summed E-state index contributed by atoms with van der Waals surface area (Å²) in [6.45, 7) is 6.61. The van der Waals surface area contributed by atoms with Crippen LogP contribution in [0.1, 0.15) is 38.3 Å². The molecule has 1 rings (SSSR count). The molecule has 1 aromatic heterocycles. The molecular weight excluding hydrogens is 230 g/mol. The van der Waals surface area contributed by atoms with Gasteiger partial charge in [-0.25, -0.2) is 4.98 Å². The van der Waals surface area contributed by atoms with E-state index in [-0.39, 0.29) is 5.91 Å². The number of aromatic amines is 1. The summed E-state index contributed by atoms with van der Waals surface area (Å²) in [5, 5.41) is 6.81. The molecule has 0 saturated heterocycles. The monoisotopic (exact) mass is 253 g/mol. The van der Waals surface area contributed by atoms with Crippen LogP contribution in [0.25, 0.3) is 0 Å². The van der Waals surface area contributed by atoms with Gasteiger partial charge in [0.1, 0.15) is 5.82 Å². The Hall–Kier alpha value is -1.43. The van der Waals surface area contributed by atoms with Crippen LogP contribution in [0.3, 0.4) is 0 Å². The lowest BCUT2D eigenvalue weighted by Gasteiger charge is -2.32. The van der Waals surface area contributed by atoms with Crippen molar-refractivity contribution in [2.24, 2.45) is 11.1 Å². The predicted molar refractivity (Wildman–Crippen MR) is 69.7 cm³/mol. The van der Waals surface area contributed by atoms with Crippen LogP contribution < -0.4 is 5.73 Å². The van der Waals surface area contributed by atoms with Crippen LogP contribution in [-0.4, -0.2) is 39.6 Å². The Morgan fingerprint density at radius 2 is 2.06 bits per heavy atom. The fraction of sp³-hybridized carbons (Fsp3) is 0.750. The van der Waals surface area contributed by atoms with E-state index in [1.165, 1.54) is 0 Å². The summed E-state index contributed by atoms with van der Waals surface area (Å²) in [6, 6.07) is 0. The normalized spacial score (nSPS) is 11.6. The van der Waals surface area contributed by atoms with Crippen molar-refractivity contribution in [3.8, 4) is 0 Å². The van der Waals surface area contributed by atoms with E-state index in [1.807, 2.05) is 20.8 Å². The summed E-state index contributed by atoms with van der Waals surface area (Å²) in [4.78, 5) is 18.3. The third-order valence-corrected chi connectivity index (χ3v) is 3.57. The highest BCUT2D eigenvalue weighted by Crippen LogP contribution is 2.27. The van der Waals surface area contributed by atoms with Crippen molar-refractivity contribution in [1.82, 2.24) is 20.1 Å². The number of aromatic nitrogens is 3. The van der Waals surface area contributed by atoms with E-state index < -0.39 is 5.41 Å². The summed E-state index contributed by atoms with van der Waals surface area (Å²) in [5.74, 6) is 1.45. The van der Waals surface area contributed by atoms with Gasteiger partial charge in [0.2, 0.25) is 5.91 Å². The molecular formula is C12H23N5O. The summed E-state index contributed by atoms with van der Waals surface area (Å²) in [6.07, 6.45) is 1.49. The van der Waals surface area contributed by atoms with E-state index in [0.29, 0.717) is 18.9 Å². The van der Waals surface area contributed by atoms with Crippen molar-refractivity contribution < 1.29 is 4.79 Å². The largest absolute Gasteiger partial charge is 0.338 e. The van der Waals surface area contributed by atoms with Gasteiger partial charge in [-0.05, 0) is 19.8 Å². The van der Waals surface area contributed by atoms with Crippen LogP contribution in [-0.2, 0) is 11.3 Å². The number of amides is 1. The number of nitrogens with zero attached hydrogens (tertiary/aromatic N) is 3. The smallest absolute Gasteiger partial charge is 0.230 e. The summed E-state index contributed by atoms with van der Waals surface area (Å²) in [7, 11) is 1.77. The van der Waals surface area contributed by atoms with E-state index in [9.17, 15) is 4.79 Å².